The van der Waals surface area contributed by atoms with Crippen molar-refractivity contribution < 1.29 is 8.78 Å². The fraction of sp³-hybridized carbons (Fsp3) is 0.208. The summed E-state index contributed by atoms with van der Waals surface area (Å²) < 4.78 is 29.7. The van der Waals surface area contributed by atoms with E-state index >= 15 is 0 Å². The highest BCUT2D eigenvalue weighted by atomic mass is 19.1. The zero-order valence-electron chi connectivity index (χ0n) is 17.0. The molecule has 5 nitrogen and oxygen atoms in total. The molecule has 1 aliphatic rings. The predicted octanol–water partition coefficient (Wildman–Crippen LogP) is 5.46. The number of imidazole rings is 1. The van der Waals surface area contributed by atoms with E-state index in [1.54, 1.807) is 29.2 Å². The van der Waals surface area contributed by atoms with Gasteiger partial charge in [0.2, 0.25) is 5.95 Å². The first-order valence-electron chi connectivity index (χ1n) is 10.3. The quantitative estimate of drug-likeness (QED) is 0.479. The number of benzene rings is 2. The van der Waals surface area contributed by atoms with Gasteiger partial charge in [-0.05, 0) is 67.6 Å². The standard InChI is InChI=1S/C24H21F2N5/c1-15-13-31(14-28-15)22-10-9-19(11-21(22)26)29-24-27-12-17-3-2-4-20(23(17)30-24)16-5-7-18(25)8-6-16/h5-14,20H,2-4H2,1H3,(H,27,29,30). The average molecular weight is 417 g/mol. The lowest BCUT2D eigenvalue weighted by atomic mass is 9.83. The summed E-state index contributed by atoms with van der Waals surface area (Å²) in [6, 6.07) is 11.5. The smallest absolute Gasteiger partial charge is 0.227 e. The van der Waals surface area contributed by atoms with Crippen LogP contribution < -0.4 is 5.32 Å². The van der Waals surface area contributed by atoms with Crippen LogP contribution in [0.5, 0.6) is 0 Å². The Morgan fingerprint density at radius 3 is 2.65 bits per heavy atom. The van der Waals surface area contributed by atoms with Crippen molar-refractivity contribution in [1.82, 2.24) is 19.5 Å². The molecule has 0 bridgehead atoms. The Labute approximate surface area is 178 Å². The molecule has 2 aromatic carbocycles. The van der Waals surface area contributed by atoms with Gasteiger partial charge in [0, 0.05) is 24.0 Å². The van der Waals surface area contributed by atoms with Crippen LogP contribution in [0.3, 0.4) is 0 Å². The summed E-state index contributed by atoms with van der Waals surface area (Å²) in [4.78, 5) is 13.3. The monoisotopic (exact) mass is 417 g/mol. The van der Waals surface area contributed by atoms with Gasteiger partial charge < -0.3 is 9.88 Å². The Balaban J connectivity index is 1.42. The first-order chi connectivity index (χ1) is 15.1. The summed E-state index contributed by atoms with van der Waals surface area (Å²) in [5.41, 5.74) is 4.89. The van der Waals surface area contributed by atoms with E-state index in [9.17, 15) is 8.78 Å². The van der Waals surface area contributed by atoms with E-state index in [0.717, 1.165) is 41.8 Å². The van der Waals surface area contributed by atoms with Crippen LogP contribution in [-0.2, 0) is 6.42 Å². The molecule has 0 fully saturated rings. The molecule has 5 rings (SSSR count). The maximum absolute atomic E-state index is 14.7. The molecular weight excluding hydrogens is 396 g/mol. The molecule has 156 valence electrons. The molecule has 0 amide bonds. The molecule has 0 saturated heterocycles. The van der Waals surface area contributed by atoms with Gasteiger partial charge >= 0.3 is 0 Å². The highest BCUT2D eigenvalue weighted by Crippen LogP contribution is 2.36. The lowest BCUT2D eigenvalue weighted by molar-refractivity contribution is 0.591. The number of hydrogen-bond donors (Lipinski definition) is 1. The number of halogens is 2. The topological polar surface area (TPSA) is 55.6 Å². The van der Waals surface area contributed by atoms with Crippen LogP contribution >= 0.6 is 0 Å². The van der Waals surface area contributed by atoms with Crippen molar-refractivity contribution in [3.63, 3.8) is 0 Å². The first kappa shape index (κ1) is 19.4. The van der Waals surface area contributed by atoms with E-state index in [-0.39, 0.29) is 17.6 Å². The van der Waals surface area contributed by atoms with Gasteiger partial charge in [-0.1, -0.05) is 12.1 Å². The van der Waals surface area contributed by atoms with Crippen LogP contribution in [0.4, 0.5) is 20.4 Å². The fourth-order valence-corrected chi connectivity index (χ4v) is 4.10. The third-order valence-electron chi connectivity index (χ3n) is 5.63. The minimum atomic E-state index is -0.371. The molecule has 0 saturated carbocycles. The second-order valence-corrected chi connectivity index (χ2v) is 7.81. The number of nitrogens with one attached hydrogen (secondary N) is 1. The molecule has 1 aliphatic carbocycles. The van der Waals surface area contributed by atoms with Crippen molar-refractivity contribution in [2.75, 3.05) is 5.32 Å². The minimum Gasteiger partial charge on any atom is -0.324 e. The van der Waals surface area contributed by atoms with Gasteiger partial charge in [0.25, 0.3) is 0 Å². The lowest BCUT2D eigenvalue weighted by Crippen LogP contribution is -2.15. The fourth-order valence-electron chi connectivity index (χ4n) is 4.10. The third kappa shape index (κ3) is 3.91. The molecule has 0 aliphatic heterocycles. The van der Waals surface area contributed by atoms with Gasteiger partial charge in [0.1, 0.15) is 11.6 Å². The van der Waals surface area contributed by atoms with Crippen molar-refractivity contribution in [3.8, 4) is 5.69 Å². The van der Waals surface area contributed by atoms with Crippen molar-refractivity contribution in [2.24, 2.45) is 0 Å². The Morgan fingerprint density at radius 2 is 1.90 bits per heavy atom. The van der Waals surface area contributed by atoms with E-state index in [4.69, 9.17) is 4.98 Å². The molecule has 31 heavy (non-hydrogen) atoms. The van der Waals surface area contributed by atoms with Crippen molar-refractivity contribution >= 4 is 11.6 Å². The Bertz CT molecular complexity index is 1230. The summed E-state index contributed by atoms with van der Waals surface area (Å²) in [6.07, 6.45) is 8.09. The number of fused-ring (bicyclic) bond motifs is 1. The predicted molar refractivity (Wildman–Crippen MR) is 115 cm³/mol. The molecule has 7 heteroatoms. The lowest BCUT2D eigenvalue weighted by Gasteiger charge is -2.25. The van der Waals surface area contributed by atoms with Gasteiger partial charge in [-0.2, -0.15) is 0 Å². The van der Waals surface area contributed by atoms with Crippen molar-refractivity contribution in [2.45, 2.75) is 32.1 Å². The summed E-state index contributed by atoms with van der Waals surface area (Å²) in [7, 11) is 0. The largest absolute Gasteiger partial charge is 0.324 e. The Morgan fingerprint density at radius 1 is 1.06 bits per heavy atom. The third-order valence-corrected chi connectivity index (χ3v) is 5.63. The minimum absolute atomic E-state index is 0.0940. The molecule has 0 spiro atoms. The van der Waals surface area contributed by atoms with Crippen LogP contribution in [-0.4, -0.2) is 19.5 Å². The van der Waals surface area contributed by atoms with Gasteiger partial charge in [0.05, 0.1) is 23.4 Å². The highest BCUT2D eigenvalue weighted by molar-refractivity contribution is 5.57. The Kier molecular flexibility index (Phi) is 4.94. The van der Waals surface area contributed by atoms with Gasteiger partial charge in [0.15, 0.2) is 0 Å². The molecule has 1 atom stereocenters. The normalized spacial score (nSPS) is 15.5. The van der Waals surface area contributed by atoms with Crippen LogP contribution in [0.1, 0.15) is 41.3 Å². The van der Waals surface area contributed by atoms with Crippen molar-refractivity contribution in [1.29, 1.82) is 0 Å². The molecule has 1 unspecified atom stereocenters. The SMILES string of the molecule is Cc1cn(-c2ccc(Nc3ncc4c(n3)C(c3ccc(F)cc3)CCC4)cc2F)cn1. The van der Waals surface area contributed by atoms with Gasteiger partial charge in [-0.15, -0.1) is 0 Å². The number of aromatic nitrogens is 4. The maximum atomic E-state index is 14.7. The summed E-state index contributed by atoms with van der Waals surface area (Å²) in [6.45, 7) is 1.86. The molecule has 4 aromatic rings. The number of rotatable bonds is 4. The molecular formula is C24H21F2N5. The maximum Gasteiger partial charge on any atom is 0.227 e. The molecule has 2 heterocycles. The number of aryl methyl sites for hydroxylation is 2. The molecule has 1 N–H and O–H groups in total. The van der Waals surface area contributed by atoms with E-state index in [1.807, 2.05) is 25.3 Å². The summed E-state index contributed by atoms with van der Waals surface area (Å²) in [5.74, 6) is -0.111. The first-order valence-corrected chi connectivity index (χ1v) is 10.3. The van der Waals surface area contributed by atoms with E-state index in [1.165, 1.54) is 18.2 Å². The number of hydrogen-bond acceptors (Lipinski definition) is 4. The zero-order chi connectivity index (χ0) is 21.4. The zero-order valence-corrected chi connectivity index (χ0v) is 17.0. The Hall–Kier alpha value is -3.61. The van der Waals surface area contributed by atoms with Crippen LogP contribution in [0, 0.1) is 18.6 Å². The molecule has 0 radical (unpaired) electrons. The highest BCUT2D eigenvalue weighted by Gasteiger charge is 2.24. The van der Waals surface area contributed by atoms with Gasteiger partial charge in [-0.3, -0.25) is 0 Å². The van der Waals surface area contributed by atoms with E-state index in [0.29, 0.717) is 17.3 Å². The van der Waals surface area contributed by atoms with Crippen LogP contribution in [0.2, 0.25) is 0 Å². The van der Waals surface area contributed by atoms with Crippen LogP contribution in [0.25, 0.3) is 5.69 Å². The summed E-state index contributed by atoms with van der Waals surface area (Å²) >= 11 is 0. The van der Waals surface area contributed by atoms with Gasteiger partial charge in [-0.25, -0.2) is 23.7 Å². The van der Waals surface area contributed by atoms with Crippen LogP contribution in [0.15, 0.2) is 61.2 Å². The number of anilines is 2. The summed E-state index contributed by atoms with van der Waals surface area (Å²) in [5, 5.41) is 3.11. The number of nitrogens with zero attached hydrogens (tertiary/aromatic N) is 4. The second-order valence-electron chi connectivity index (χ2n) is 7.81. The van der Waals surface area contributed by atoms with E-state index < -0.39 is 0 Å². The average Bonchev–Trinajstić information content (AvgIpc) is 3.20. The van der Waals surface area contributed by atoms with Crippen molar-refractivity contribution in [3.05, 3.63) is 95.3 Å². The van der Waals surface area contributed by atoms with E-state index in [2.05, 4.69) is 15.3 Å². The second kappa shape index (κ2) is 7.91. The molecule has 2 aromatic heterocycles.